The van der Waals surface area contributed by atoms with Crippen LogP contribution in [0.2, 0.25) is 0 Å². The van der Waals surface area contributed by atoms with Gasteiger partial charge in [0.05, 0.1) is 12.3 Å². The topological polar surface area (TPSA) is 42.4 Å². The van der Waals surface area contributed by atoms with Crippen LogP contribution in [0.3, 0.4) is 0 Å². The minimum absolute atomic E-state index is 0.399. The fraction of sp³-hybridized carbons (Fsp3) is 0.692. The van der Waals surface area contributed by atoms with Gasteiger partial charge in [-0.05, 0) is 57.3 Å². The molecule has 16 heavy (non-hydrogen) atoms. The Balaban J connectivity index is 1.93. The maximum atomic E-state index is 5.64. The third-order valence-corrected chi connectivity index (χ3v) is 3.63. The lowest BCUT2D eigenvalue weighted by molar-refractivity contribution is 0.116. The second-order valence-corrected chi connectivity index (χ2v) is 4.77. The van der Waals surface area contributed by atoms with Gasteiger partial charge in [-0.15, -0.1) is 0 Å². The van der Waals surface area contributed by atoms with E-state index in [-0.39, 0.29) is 0 Å². The molecule has 3 nitrogen and oxygen atoms in total. The monoisotopic (exact) mass is 222 g/mol. The molecule has 1 aliphatic heterocycles. The maximum absolute atomic E-state index is 5.64. The minimum atomic E-state index is 0.399. The molecule has 2 N–H and O–H groups in total. The van der Waals surface area contributed by atoms with Crippen LogP contribution in [-0.4, -0.2) is 24.5 Å². The maximum Gasteiger partial charge on any atom is 0.120 e. The zero-order valence-electron chi connectivity index (χ0n) is 10.1. The molecule has 2 atom stereocenters. The average Bonchev–Trinajstić information content (AvgIpc) is 2.82. The molecule has 2 heterocycles. The van der Waals surface area contributed by atoms with Crippen molar-refractivity contribution in [3.8, 4) is 0 Å². The SMILES string of the molecule is CC(c1ccco1)N1CCCC(CCN)C1. The first-order chi connectivity index (χ1) is 7.81. The summed E-state index contributed by atoms with van der Waals surface area (Å²) in [4.78, 5) is 2.52. The zero-order chi connectivity index (χ0) is 11.4. The van der Waals surface area contributed by atoms with E-state index in [0.29, 0.717) is 6.04 Å². The fourth-order valence-corrected chi connectivity index (χ4v) is 2.63. The quantitative estimate of drug-likeness (QED) is 0.850. The van der Waals surface area contributed by atoms with Crippen LogP contribution in [0.5, 0.6) is 0 Å². The molecule has 3 heteroatoms. The molecule has 2 rings (SSSR count). The summed E-state index contributed by atoms with van der Waals surface area (Å²) in [6.07, 6.45) is 5.53. The number of hydrogen-bond donors (Lipinski definition) is 1. The van der Waals surface area contributed by atoms with Crippen molar-refractivity contribution in [1.29, 1.82) is 0 Å². The van der Waals surface area contributed by atoms with E-state index >= 15 is 0 Å². The van der Waals surface area contributed by atoms with Gasteiger partial charge in [-0.3, -0.25) is 4.90 Å². The Bertz CT molecular complexity index is 295. The molecule has 90 valence electrons. The third kappa shape index (κ3) is 2.66. The van der Waals surface area contributed by atoms with Crippen molar-refractivity contribution in [2.75, 3.05) is 19.6 Å². The minimum Gasteiger partial charge on any atom is -0.468 e. The molecule has 1 aliphatic rings. The largest absolute Gasteiger partial charge is 0.468 e. The number of nitrogens with zero attached hydrogens (tertiary/aromatic N) is 1. The molecule has 0 radical (unpaired) electrons. The van der Waals surface area contributed by atoms with Gasteiger partial charge in [-0.1, -0.05) is 0 Å². The third-order valence-electron chi connectivity index (χ3n) is 3.63. The first-order valence-corrected chi connectivity index (χ1v) is 6.28. The summed E-state index contributed by atoms with van der Waals surface area (Å²) in [6, 6.07) is 4.43. The summed E-state index contributed by atoms with van der Waals surface area (Å²) < 4.78 is 5.48. The molecule has 1 saturated heterocycles. The summed E-state index contributed by atoms with van der Waals surface area (Å²) in [7, 11) is 0. The van der Waals surface area contributed by atoms with Gasteiger partial charge >= 0.3 is 0 Å². The molecule has 0 bridgehead atoms. The summed E-state index contributed by atoms with van der Waals surface area (Å²) in [6.45, 7) is 5.39. The smallest absolute Gasteiger partial charge is 0.120 e. The van der Waals surface area contributed by atoms with E-state index in [1.807, 2.05) is 6.07 Å². The van der Waals surface area contributed by atoms with E-state index in [4.69, 9.17) is 10.2 Å². The predicted octanol–water partition coefficient (Wildman–Crippen LogP) is 2.40. The average molecular weight is 222 g/mol. The Morgan fingerprint density at radius 1 is 1.62 bits per heavy atom. The van der Waals surface area contributed by atoms with E-state index < -0.39 is 0 Å². The molecule has 1 aromatic heterocycles. The number of nitrogens with two attached hydrogens (primary N) is 1. The second-order valence-electron chi connectivity index (χ2n) is 4.77. The van der Waals surface area contributed by atoms with Crippen LogP contribution >= 0.6 is 0 Å². The van der Waals surface area contributed by atoms with Crippen LogP contribution in [0.1, 0.15) is 38.0 Å². The summed E-state index contributed by atoms with van der Waals surface area (Å²) >= 11 is 0. The molecule has 0 aliphatic carbocycles. The highest BCUT2D eigenvalue weighted by Gasteiger charge is 2.24. The van der Waals surface area contributed by atoms with Gasteiger partial charge in [0, 0.05) is 6.54 Å². The van der Waals surface area contributed by atoms with Gasteiger partial charge in [0.1, 0.15) is 5.76 Å². The van der Waals surface area contributed by atoms with Gasteiger partial charge in [-0.2, -0.15) is 0 Å². The van der Waals surface area contributed by atoms with Crippen LogP contribution in [0.15, 0.2) is 22.8 Å². The van der Waals surface area contributed by atoms with Crippen molar-refractivity contribution in [2.24, 2.45) is 11.7 Å². The highest BCUT2D eigenvalue weighted by atomic mass is 16.3. The van der Waals surface area contributed by atoms with Gasteiger partial charge < -0.3 is 10.2 Å². The van der Waals surface area contributed by atoms with Crippen LogP contribution in [-0.2, 0) is 0 Å². The second kappa shape index (κ2) is 5.51. The van der Waals surface area contributed by atoms with E-state index in [2.05, 4.69) is 17.9 Å². The number of furan rings is 1. The summed E-state index contributed by atoms with van der Waals surface area (Å²) in [5.74, 6) is 1.85. The van der Waals surface area contributed by atoms with E-state index in [0.717, 1.165) is 24.6 Å². The summed E-state index contributed by atoms with van der Waals surface area (Å²) in [5, 5.41) is 0. The highest BCUT2D eigenvalue weighted by Crippen LogP contribution is 2.27. The lowest BCUT2D eigenvalue weighted by atomic mass is 9.93. The Morgan fingerprint density at radius 2 is 2.50 bits per heavy atom. The lowest BCUT2D eigenvalue weighted by Crippen LogP contribution is -2.37. The van der Waals surface area contributed by atoms with Gasteiger partial charge in [0.25, 0.3) is 0 Å². The molecule has 1 aromatic rings. The molecule has 0 saturated carbocycles. The van der Waals surface area contributed by atoms with Crippen LogP contribution < -0.4 is 5.73 Å². The fourth-order valence-electron chi connectivity index (χ4n) is 2.63. The lowest BCUT2D eigenvalue weighted by Gasteiger charge is -2.35. The van der Waals surface area contributed by atoms with Crippen molar-refractivity contribution in [3.05, 3.63) is 24.2 Å². The van der Waals surface area contributed by atoms with E-state index in [1.165, 1.54) is 25.9 Å². The standard InChI is InChI=1S/C13H22N2O/c1-11(13-5-3-9-16-13)15-8-2-4-12(10-15)6-7-14/h3,5,9,11-12H,2,4,6-8,10,14H2,1H3. The predicted molar refractivity (Wildman–Crippen MR) is 65.1 cm³/mol. The Kier molecular flexibility index (Phi) is 4.02. The molecule has 0 aromatic carbocycles. The number of rotatable bonds is 4. The van der Waals surface area contributed by atoms with Crippen molar-refractivity contribution in [1.82, 2.24) is 4.90 Å². The number of piperidine rings is 1. The molecular formula is C13H22N2O. The Labute approximate surface area is 97.6 Å². The van der Waals surface area contributed by atoms with Crippen LogP contribution in [0.25, 0.3) is 0 Å². The Morgan fingerprint density at radius 3 is 3.19 bits per heavy atom. The summed E-state index contributed by atoms with van der Waals surface area (Å²) in [5.41, 5.74) is 5.64. The first kappa shape index (κ1) is 11.7. The molecule has 0 spiro atoms. The van der Waals surface area contributed by atoms with Gasteiger partial charge in [0.2, 0.25) is 0 Å². The van der Waals surface area contributed by atoms with Crippen LogP contribution in [0, 0.1) is 5.92 Å². The van der Waals surface area contributed by atoms with Crippen molar-refractivity contribution < 1.29 is 4.42 Å². The molecule has 0 amide bonds. The first-order valence-electron chi connectivity index (χ1n) is 6.28. The number of likely N-dealkylation sites (tertiary alicyclic amines) is 1. The van der Waals surface area contributed by atoms with E-state index in [1.54, 1.807) is 6.26 Å². The molecular weight excluding hydrogens is 200 g/mol. The van der Waals surface area contributed by atoms with Crippen LogP contribution in [0.4, 0.5) is 0 Å². The highest BCUT2D eigenvalue weighted by molar-refractivity contribution is 5.04. The Hall–Kier alpha value is -0.800. The molecule has 1 fully saturated rings. The van der Waals surface area contributed by atoms with Crippen molar-refractivity contribution >= 4 is 0 Å². The normalized spacial score (nSPS) is 24.5. The van der Waals surface area contributed by atoms with Crippen molar-refractivity contribution in [3.63, 3.8) is 0 Å². The number of hydrogen-bond acceptors (Lipinski definition) is 3. The molecule has 2 unspecified atom stereocenters. The van der Waals surface area contributed by atoms with E-state index in [9.17, 15) is 0 Å². The van der Waals surface area contributed by atoms with Gasteiger partial charge in [0.15, 0.2) is 0 Å². The van der Waals surface area contributed by atoms with Gasteiger partial charge in [-0.25, -0.2) is 0 Å². The zero-order valence-corrected chi connectivity index (χ0v) is 10.1. The van der Waals surface area contributed by atoms with Crippen molar-refractivity contribution in [2.45, 2.75) is 32.2 Å².